The summed E-state index contributed by atoms with van der Waals surface area (Å²) in [6, 6.07) is 8.16. The van der Waals surface area contributed by atoms with E-state index in [1.54, 1.807) is 16.8 Å². The van der Waals surface area contributed by atoms with Gasteiger partial charge >= 0.3 is 6.09 Å². The number of nitrogens with zero attached hydrogens (tertiary/aromatic N) is 3. The molecule has 178 valence electrons. The molecule has 0 saturated carbocycles. The van der Waals surface area contributed by atoms with Gasteiger partial charge < -0.3 is 20.7 Å². The summed E-state index contributed by atoms with van der Waals surface area (Å²) >= 11 is 0. The maximum absolute atomic E-state index is 13.1. The molecule has 0 saturated heterocycles. The summed E-state index contributed by atoms with van der Waals surface area (Å²) in [6.45, 7) is 9.99. The molecule has 8 nitrogen and oxygen atoms in total. The quantitative estimate of drug-likeness (QED) is 0.189. The van der Waals surface area contributed by atoms with Gasteiger partial charge in [-0.3, -0.25) is 4.99 Å². The smallest absolute Gasteiger partial charge is 0.407 e. The highest BCUT2D eigenvalue weighted by atomic mass is 127. The van der Waals surface area contributed by atoms with E-state index < -0.39 is 11.7 Å². The second-order valence-corrected chi connectivity index (χ2v) is 7.95. The number of guanidine groups is 1. The van der Waals surface area contributed by atoms with E-state index in [1.165, 1.54) is 12.1 Å². The average molecular weight is 560 g/mol. The van der Waals surface area contributed by atoms with Crippen LogP contribution in [0, 0.1) is 5.82 Å². The zero-order valence-corrected chi connectivity index (χ0v) is 21.5. The van der Waals surface area contributed by atoms with E-state index in [2.05, 4.69) is 26.0 Å². The summed E-state index contributed by atoms with van der Waals surface area (Å²) in [4.78, 5) is 16.1. The van der Waals surface area contributed by atoms with Gasteiger partial charge in [0.15, 0.2) is 5.96 Å². The van der Waals surface area contributed by atoms with Crippen LogP contribution in [0.15, 0.2) is 41.5 Å². The summed E-state index contributed by atoms with van der Waals surface area (Å²) < 4.78 is 20.0. The number of rotatable bonds is 9. The number of carbonyl (C=O) groups is 1. The summed E-state index contributed by atoms with van der Waals surface area (Å²) in [5.41, 5.74) is 1.24. The third-order valence-corrected chi connectivity index (χ3v) is 4.03. The van der Waals surface area contributed by atoms with Gasteiger partial charge in [-0.2, -0.15) is 5.10 Å². The van der Waals surface area contributed by atoms with Crippen LogP contribution in [0.2, 0.25) is 0 Å². The molecule has 0 atom stereocenters. The van der Waals surface area contributed by atoms with E-state index in [4.69, 9.17) is 4.74 Å². The van der Waals surface area contributed by atoms with Crippen molar-refractivity contribution in [1.29, 1.82) is 0 Å². The average Bonchev–Trinajstić information content (AvgIpc) is 3.15. The Morgan fingerprint density at radius 2 is 1.84 bits per heavy atom. The predicted molar refractivity (Wildman–Crippen MR) is 135 cm³/mol. The molecule has 0 unspecified atom stereocenters. The number of ether oxygens (including phenoxy) is 1. The Bertz CT molecular complexity index is 849. The van der Waals surface area contributed by atoms with Crippen molar-refractivity contribution in [2.45, 2.75) is 46.1 Å². The maximum atomic E-state index is 13.1. The van der Waals surface area contributed by atoms with E-state index >= 15 is 0 Å². The van der Waals surface area contributed by atoms with Crippen molar-refractivity contribution in [2.24, 2.45) is 4.99 Å². The zero-order chi connectivity index (χ0) is 22.7. The molecule has 0 aliphatic heterocycles. The number of carbonyl (C=O) groups excluding carboxylic acids is 1. The van der Waals surface area contributed by atoms with Gasteiger partial charge in [0.25, 0.3) is 0 Å². The van der Waals surface area contributed by atoms with Gasteiger partial charge in [0.05, 0.1) is 11.4 Å². The molecule has 3 N–H and O–H groups in total. The molecular formula is C22H34FIN6O2. The first-order chi connectivity index (χ1) is 14.8. The van der Waals surface area contributed by atoms with E-state index in [0.717, 1.165) is 30.3 Å². The number of benzene rings is 1. The fraction of sp³-hybridized carbons (Fsp3) is 0.500. The predicted octanol–water partition coefficient (Wildman–Crippen LogP) is 3.64. The van der Waals surface area contributed by atoms with Gasteiger partial charge in [-0.25, -0.2) is 13.9 Å². The van der Waals surface area contributed by atoms with E-state index in [0.29, 0.717) is 26.1 Å². The second kappa shape index (κ2) is 13.9. The van der Waals surface area contributed by atoms with Crippen molar-refractivity contribution in [3.8, 4) is 5.69 Å². The van der Waals surface area contributed by atoms with Crippen LogP contribution >= 0.6 is 24.0 Å². The highest BCUT2D eigenvalue weighted by molar-refractivity contribution is 14.0. The molecule has 1 aromatic heterocycles. The van der Waals surface area contributed by atoms with Crippen LogP contribution in [0.1, 0.15) is 39.8 Å². The number of halogens is 2. The van der Waals surface area contributed by atoms with Gasteiger partial charge in [-0.15, -0.1) is 24.0 Å². The van der Waals surface area contributed by atoms with Crippen molar-refractivity contribution in [3.05, 3.63) is 48.0 Å². The van der Waals surface area contributed by atoms with Gasteiger partial charge in [0.1, 0.15) is 11.4 Å². The molecule has 0 bridgehead atoms. The third kappa shape index (κ3) is 10.8. The van der Waals surface area contributed by atoms with Gasteiger partial charge in [-0.05, 0) is 64.4 Å². The first-order valence-corrected chi connectivity index (χ1v) is 10.6. The van der Waals surface area contributed by atoms with Gasteiger partial charge in [0.2, 0.25) is 0 Å². The Labute approximate surface area is 206 Å². The normalized spacial score (nSPS) is 11.5. The summed E-state index contributed by atoms with van der Waals surface area (Å²) in [5.74, 6) is 0.453. The molecular weight excluding hydrogens is 526 g/mol. The third-order valence-electron chi connectivity index (χ3n) is 4.03. The summed E-state index contributed by atoms with van der Waals surface area (Å²) in [5, 5.41) is 13.7. The SMILES string of the molecule is CCNC(=NCCCNC(=O)OC(C)(C)C)NCCc1ccn(-c2ccc(F)cc2)n1.I. The molecule has 1 heterocycles. The lowest BCUT2D eigenvalue weighted by Crippen LogP contribution is -2.38. The van der Waals surface area contributed by atoms with Crippen molar-refractivity contribution in [3.63, 3.8) is 0 Å². The zero-order valence-electron chi connectivity index (χ0n) is 19.2. The van der Waals surface area contributed by atoms with Crippen LogP contribution in [0.5, 0.6) is 0 Å². The minimum atomic E-state index is -0.501. The Balaban J connectivity index is 0.00000512. The number of amides is 1. The number of aromatic nitrogens is 2. The summed E-state index contributed by atoms with van der Waals surface area (Å²) in [7, 11) is 0. The lowest BCUT2D eigenvalue weighted by Gasteiger charge is -2.19. The van der Waals surface area contributed by atoms with Crippen LogP contribution in [-0.2, 0) is 11.2 Å². The van der Waals surface area contributed by atoms with Crippen molar-refractivity contribution >= 4 is 36.0 Å². The Hall–Kier alpha value is -2.37. The molecule has 1 amide bonds. The lowest BCUT2D eigenvalue weighted by molar-refractivity contribution is 0.0527. The fourth-order valence-electron chi connectivity index (χ4n) is 2.66. The minimum absolute atomic E-state index is 0. The minimum Gasteiger partial charge on any atom is -0.444 e. The number of aliphatic imine (C=N–C) groups is 1. The van der Waals surface area contributed by atoms with Crippen molar-refractivity contribution < 1.29 is 13.9 Å². The molecule has 0 spiro atoms. The lowest BCUT2D eigenvalue weighted by atomic mass is 10.2. The number of hydrogen-bond donors (Lipinski definition) is 3. The van der Waals surface area contributed by atoms with Crippen molar-refractivity contribution in [1.82, 2.24) is 25.7 Å². The molecule has 0 aliphatic carbocycles. The molecule has 32 heavy (non-hydrogen) atoms. The van der Waals surface area contributed by atoms with Crippen LogP contribution in [0.3, 0.4) is 0 Å². The molecule has 0 fully saturated rings. The molecule has 1 aromatic carbocycles. The van der Waals surface area contributed by atoms with E-state index in [9.17, 15) is 9.18 Å². The Morgan fingerprint density at radius 1 is 1.12 bits per heavy atom. The highest BCUT2D eigenvalue weighted by Gasteiger charge is 2.15. The Morgan fingerprint density at radius 3 is 2.50 bits per heavy atom. The second-order valence-electron chi connectivity index (χ2n) is 7.95. The molecule has 2 rings (SSSR count). The van der Waals surface area contributed by atoms with Crippen LogP contribution < -0.4 is 16.0 Å². The largest absolute Gasteiger partial charge is 0.444 e. The number of hydrogen-bond acceptors (Lipinski definition) is 4. The molecule has 10 heteroatoms. The van der Waals surface area contributed by atoms with Crippen LogP contribution in [0.25, 0.3) is 5.69 Å². The Kier molecular flexibility index (Phi) is 12.0. The number of alkyl carbamates (subject to hydrolysis) is 1. The van der Waals surface area contributed by atoms with Crippen LogP contribution in [0.4, 0.5) is 9.18 Å². The topological polar surface area (TPSA) is 92.6 Å². The van der Waals surface area contributed by atoms with Crippen molar-refractivity contribution in [2.75, 3.05) is 26.2 Å². The molecule has 2 aromatic rings. The monoisotopic (exact) mass is 560 g/mol. The highest BCUT2D eigenvalue weighted by Crippen LogP contribution is 2.09. The van der Waals surface area contributed by atoms with E-state index in [1.807, 2.05) is 40.0 Å². The first-order valence-electron chi connectivity index (χ1n) is 10.6. The van der Waals surface area contributed by atoms with E-state index in [-0.39, 0.29) is 29.8 Å². The molecule has 0 radical (unpaired) electrons. The van der Waals surface area contributed by atoms with Gasteiger partial charge in [0, 0.05) is 38.8 Å². The summed E-state index contributed by atoms with van der Waals surface area (Å²) in [6.07, 6.45) is 2.87. The standard InChI is InChI=1S/C22H33FN6O2.HI/c1-5-24-20(25-13-6-14-27-21(30)31-22(2,3)4)26-15-11-18-12-16-29(28-18)19-9-7-17(23)8-10-19;/h7-10,12,16H,5-6,11,13-15H2,1-4H3,(H,27,30)(H2,24,25,26);1H. The fourth-order valence-corrected chi connectivity index (χ4v) is 2.66. The number of nitrogens with one attached hydrogen (secondary N) is 3. The first kappa shape index (κ1) is 27.7. The maximum Gasteiger partial charge on any atom is 0.407 e. The van der Waals surface area contributed by atoms with Gasteiger partial charge in [-0.1, -0.05) is 0 Å². The molecule has 0 aliphatic rings. The van der Waals surface area contributed by atoms with Crippen LogP contribution in [-0.4, -0.2) is 53.6 Å².